The molecular formula is C14H25N3O. The van der Waals surface area contributed by atoms with E-state index in [1.54, 1.807) is 13.3 Å². The van der Waals surface area contributed by atoms with Gasteiger partial charge < -0.3 is 15.0 Å². The Morgan fingerprint density at radius 2 is 2.22 bits per heavy atom. The van der Waals surface area contributed by atoms with Gasteiger partial charge in [-0.15, -0.1) is 0 Å². The van der Waals surface area contributed by atoms with Crippen molar-refractivity contribution in [2.75, 3.05) is 27.2 Å². The minimum absolute atomic E-state index is 0.614. The molecule has 4 heteroatoms. The van der Waals surface area contributed by atoms with Gasteiger partial charge in [-0.05, 0) is 46.5 Å². The lowest BCUT2D eigenvalue weighted by Gasteiger charge is -2.20. The van der Waals surface area contributed by atoms with Crippen LogP contribution in [-0.2, 0) is 6.54 Å². The molecule has 0 aliphatic rings. The Morgan fingerprint density at radius 3 is 2.89 bits per heavy atom. The van der Waals surface area contributed by atoms with Crippen LogP contribution >= 0.6 is 0 Å². The van der Waals surface area contributed by atoms with Crippen LogP contribution in [0.5, 0.6) is 5.88 Å². The highest BCUT2D eigenvalue weighted by atomic mass is 16.5. The highest BCUT2D eigenvalue weighted by molar-refractivity contribution is 5.24. The first-order valence-corrected chi connectivity index (χ1v) is 6.54. The molecule has 1 heterocycles. The van der Waals surface area contributed by atoms with E-state index in [0.29, 0.717) is 11.9 Å². The van der Waals surface area contributed by atoms with Gasteiger partial charge in [-0.1, -0.05) is 6.07 Å². The van der Waals surface area contributed by atoms with E-state index in [2.05, 4.69) is 36.1 Å². The molecular weight excluding hydrogens is 226 g/mol. The van der Waals surface area contributed by atoms with Crippen LogP contribution in [-0.4, -0.2) is 43.2 Å². The fourth-order valence-electron chi connectivity index (χ4n) is 1.68. The predicted octanol–water partition coefficient (Wildman–Crippen LogP) is 1.91. The van der Waals surface area contributed by atoms with Crippen molar-refractivity contribution in [1.82, 2.24) is 15.2 Å². The molecule has 1 aromatic heterocycles. The van der Waals surface area contributed by atoms with E-state index in [1.165, 1.54) is 0 Å². The summed E-state index contributed by atoms with van der Waals surface area (Å²) in [5.74, 6) is 0.712. The zero-order valence-electron chi connectivity index (χ0n) is 11.9. The van der Waals surface area contributed by atoms with Crippen LogP contribution in [0.1, 0.15) is 25.8 Å². The van der Waals surface area contributed by atoms with Gasteiger partial charge in [0.1, 0.15) is 0 Å². The number of methoxy groups -OCH3 is 1. The fourth-order valence-corrected chi connectivity index (χ4v) is 1.68. The Kier molecular flexibility index (Phi) is 6.68. The van der Waals surface area contributed by atoms with E-state index in [-0.39, 0.29) is 0 Å². The standard InChI is InChI=1S/C14H25N3O/c1-12(2)17(3)10-6-8-15-11-13-7-5-9-16-14(13)18-4/h5,7,9,12,15H,6,8,10-11H2,1-4H3. The lowest BCUT2D eigenvalue weighted by molar-refractivity contribution is 0.269. The molecule has 0 aliphatic heterocycles. The second-order valence-electron chi connectivity index (χ2n) is 4.78. The second-order valence-corrected chi connectivity index (χ2v) is 4.78. The van der Waals surface area contributed by atoms with Crippen molar-refractivity contribution in [3.8, 4) is 5.88 Å². The van der Waals surface area contributed by atoms with Crippen LogP contribution in [0.25, 0.3) is 0 Å². The highest BCUT2D eigenvalue weighted by Gasteiger charge is 2.03. The average Bonchev–Trinajstić information content (AvgIpc) is 2.38. The van der Waals surface area contributed by atoms with Gasteiger partial charge in [-0.2, -0.15) is 0 Å². The van der Waals surface area contributed by atoms with Gasteiger partial charge >= 0.3 is 0 Å². The molecule has 0 radical (unpaired) electrons. The van der Waals surface area contributed by atoms with Crippen LogP contribution in [0, 0.1) is 0 Å². The maximum atomic E-state index is 5.21. The number of hydrogen-bond acceptors (Lipinski definition) is 4. The largest absolute Gasteiger partial charge is 0.481 e. The lowest BCUT2D eigenvalue weighted by Crippen LogP contribution is -2.29. The Hall–Kier alpha value is -1.13. The van der Waals surface area contributed by atoms with Gasteiger partial charge in [0.05, 0.1) is 7.11 Å². The molecule has 1 aromatic rings. The third kappa shape index (κ3) is 5.02. The number of pyridine rings is 1. The Labute approximate surface area is 110 Å². The zero-order chi connectivity index (χ0) is 13.4. The minimum atomic E-state index is 0.614. The molecule has 4 nitrogen and oxygen atoms in total. The minimum Gasteiger partial charge on any atom is -0.481 e. The van der Waals surface area contributed by atoms with E-state index in [0.717, 1.165) is 31.6 Å². The highest BCUT2D eigenvalue weighted by Crippen LogP contribution is 2.12. The normalized spacial score (nSPS) is 11.2. The SMILES string of the molecule is COc1ncccc1CNCCCN(C)C(C)C. The van der Waals surface area contributed by atoms with Crippen LogP contribution in [0.2, 0.25) is 0 Å². The topological polar surface area (TPSA) is 37.4 Å². The summed E-state index contributed by atoms with van der Waals surface area (Å²) in [4.78, 5) is 6.53. The molecule has 1 rings (SSSR count). The second kappa shape index (κ2) is 8.06. The third-order valence-corrected chi connectivity index (χ3v) is 3.10. The first-order chi connectivity index (χ1) is 8.65. The summed E-state index contributed by atoms with van der Waals surface area (Å²) in [7, 11) is 3.82. The number of rotatable bonds is 8. The molecule has 0 spiro atoms. The molecule has 0 saturated heterocycles. The van der Waals surface area contributed by atoms with Gasteiger partial charge in [-0.25, -0.2) is 4.98 Å². The monoisotopic (exact) mass is 251 g/mol. The lowest BCUT2D eigenvalue weighted by atomic mass is 10.2. The van der Waals surface area contributed by atoms with Gasteiger partial charge in [0.2, 0.25) is 5.88 Å². The number of hydrogen-bond donors (Lipinski definition) is 1. The first-order valence-electron chi connectivity index (χ1n) is 6.54. The quantitative estimate of drug-likeness (QED) is 0.716. The summed E-state index contributed by atoms with van der Waals surface area (Å²) in [6.07, 6.45) is 2.90. The van der Waals surface area contributed by atoms with E-state index in [9.17, 15) is 0 Å². The molecule has 0 aromatic carbocycles. The summed E-state index contributed by atoms with van der Waals surface area (Å²) < 4.78 is 5.21. The number of ether oxygens (including phenoxy) is 1. The molecule has 0 saturated carbocycles. The Balaban J connectivity index is 2.22. The smallest absolute Gasteiger partial charge is 0.217 e. The van der Waals surface area contributed by atoms with Crippen molar-refractivity contribution < 1.29 is 4.74 Å². The Morgan fingerprint density at radius 1 is 1.44 bits per heavy atom. The van der Waals surface area contributed by atoms with Crippen molar-refractivity contribution in [2.24, 2.45) is 0 Å². The maximum Gasteiger partial charge on any atom is 0.217 e. The van der Waals surface area contributed by atoms with Crippen molar-refractivity contribution in [3.63, 3.8) is 0 Å². The van der Waals surface area contributed by atoms with Gasteiger partial charge in [0, 0.05) is 24.3 Å². The van der Waals surface area contributed by atoms with Crippen LogP contribution in [0.4, 0.5) is 0 Å². The van der Waals surface area contributed by atoms with Gasteiger partial charge in [0.25, 0.3) is 0 Å². The van der Waals surface area contributed by atoms with Crippen LogP contribution < -0.4 is 10.1 Å². The van der Waals surface area contributed by atoms with Crippen LogP contribution in [0.15, 0.2) is 18.3 Å². The number of nitrogens with one attached hydrogen (secondary N) is 1. The molecule has 0 amide bonds. The molecule has 0 atom stereocenters. The summed E-state index contributed by atoms with van der Waals surface area (Å²) in [5, 5.41) is 3.42. The predicted molar refractivity (Wildman–Crippen MR) is 74.9 cm³/mol. The number of nitrogens with zero attached hydrogens (tertiary/aromatic N) is 2. The number of aromatic nitrogens is 1. The Bertz CT molecular complexity index is 342. The van der Waals surface area contributed by atoms with Crippen molar-refractivity contribution in [2.45, 2.75) is 32.9 Å². The third-order valence-electron chi connectivity index (χ3n) is 3.10. The van der Waals surface area contributed by atoms with E-state index < -0.39 is 0 Å². The summed E-state index contributed by atoms with van der Waals surface area (Å²) >= 11 is 0. The maximum absolute atomic E-state index is 5.21. The van der Waals surface area contributed by atoms with Gasteiger partial charge in [-0.3, -0.25) is 0 Å². The molecule has 1 N–H and O–H groups in total. The van der Waals surface area contributed by atoms with E-state index in [1.807, 2.05) is 12.1 Å². The summed E-state index contributed by atoms with van der Waals surface area (Å²) in [6.45, 7) is 7.37. The zero-order valence-corrected chi connectivity index (χ0v) is 11.9. The van der Waals surface area contributed by atoms with Crippen molar-refractivity contribution in [3.05, 3.63) is 23.9 Å². The molecule has 0 unspecified atom stereocenters. The molecule has 18 heavy (non-hydrogen) atoms. The average molecular weight is 251 g/mol. The van der Waals surface area contributed by atoms with Crippen molar-refractivity contribution in [1.29, 1.82) is 0 Å². The summed E-state index contributed by atoms with van der Waals surface area (Å²) in [5.41, 5.74) is 1.11. The molecule has 102 valence electrons. The van der Waals surface area contributed by atoms with E-state index in [4.69, 9.17) is 4.74 Å². The fraction of sp³-hybridized carbons (Fsp3) is 0.643. The van der Waals surface area contributed by atoms with Gasteiger partial charge in [0.15, 0.2) is 0 Å². The molecule has 0 bridgehead atoms. The molecule has 0 aliphatic carbocycles. The summed E-state index contributed by atoms with van der Waals surface area (Å²) in [6, 6.07) is 4.59. The van der Waals surface area contributed by atoms with Crippen LogP contribution in [0.3, 0.4) is 0 Å². The van der Waals surface area contributed by atoms with E-state index >= 15 is 0 Å². The first kappa shape index (κ1) is 14.9. The van der Waals surface area contributed by atoms with Crippen molar-refractivity contribution >= 4 is 0 Å². The molecule has 0 fully saturated rings.